The third kappa shape index (κ3) is 5.23. The van der Waals surface area contributed by atoms with E-state index >= 15 is 0 Å². The second kappa shape index (κ2) is 8.91. The first-order valence-corrected chi connectivity index (χ1v) is 9.40. The molecule has 3 rings (SSSR count). The van der Waals surface area contributed by atoms with E-state index in [1.165, 1.54) is 5.56 Å². The molecule has 1 atom stereocenters. The number of amides is 1. The van der Waals surface area contributed by atoms with Crippen LogP contribution in [0.2, 0.25) is 0 Å². The van der Waals surface area contributed by atoms with Gasteiger partial charge in [-0.25, -0.2) is 0 Å². The fourth-order valence-corrected chi connectivity index (χ4v) is 3.16. The van der Waals surface area contributed by atoms with E-state index in [0.29, 0.717) is 12.6 Å². The number of hydrogen-bond donors (Lipinski definition) is 1. The molecule has 1 N–H and O–H groups in total. The maximum Gasteiger partial charge on any atom is 0.237 e. The molecule has 5 heteroatoms. The smallest absolute Gasteiger partial charge is 0.237 e. The quantitative estimate of drug-likeness (QED) is 0.737. The van der Waals surface area contributed by atoms with Crippen LogP contribution in [0.1, 0.15) is 30.9 Å². The van der Waals surface area contributed by atoms with Crippen LogP contribution in [0.25, 0.3) is 0 Å². The van der Waals surface area contributed by atoms with Crippen molar-refractivity contribution >= 4 is 5.91 Å². The average molecular weight is 368 g/mol. The summed E-state index contributed by atoms with van der Waals surface area (Å²) in [5, 5.41) is 3.06. The van der Waals surface area contributed by atoms with Gasteiger partial charge in [0.1, 0.15) is 11.5 Å². The Morgan fingerprint density at radius 1 is 1.00 bits per heavy atom. The fourth-order valence-electron chi connectivity index (χ4n) is 3.16. The van der Waals surface area contributed by atoms with Crippen LogP contribution in [-0.4, -0.2) is 37.1 Å². The number of carbonyl (C=O) groups excluding carboxylic acids is 1. The van der Waals surface area contributed by atoms with Gasteiger partial charge in [0, 0.05) is 19.1 Å². The zero-order valence-electron chi connectivity index (χ0n) is 16.3. The number of carbonyl (C=O) groups is 1. The van der Waals surface area contributed by atoms with Crippen molar-refractivity contribution in [2.24, 2.45) is 0 Å². The second-order valence-corrected chi connectivity index (χ2v) is 6.99. The van der Waals surface area contributed by atoms with Crippen LogP contribution >= 0.6 is 0 Å². The number of benzene rings is 2. The Labute approximate surface area is 161 Å². The van der Waals surface area contributed by atoms with Gasteiger partial charge in [-0.3, -0.25) is 9.69 Å². The van der Waals surface area contributed by atoms with E-state index in [1.807, 2.05) is 43.3 Å². The standard InChI is InChI=1S/C22H28N2O3/c1-16(22(25)23-14-17-4-10-20(26-2)11-5-17)24(19-8-9-19)15-18-6-12-21(27-3)13-7-18/h4-7,10-13,16,19H,8-9,14-15H2,1-3H3,(H,23,25)/t16-/m0/s1. The Kier molecular flexibility index (Phi) is 6.35. The Morgan fingerprint density at radius 2 is 1.52 bits per heavy atom. The van der Waals surface area contributed by atoms with Gasteiger partial charge in [0.2, 0.25) is 5.91 Å². The molecular formula is C22H28N2O3. The predicted molar refractivity (Wildman–Crippen MR) is 106 cm³/mol. The van der Waals surface area contributed by atoms with Crippen LogP contribution in [0.15, 0.2) is 48.5 Å². The maximum absolute atomic E-state index is 12.7. The highest BCUT2D eigenvalue weighted by atomic mass is 16.5. The number of nitrogens with zero attached hydrogens (tertiary/aromatic N) is 1. The number of nitrogens with one attached hydrogen (secondary N) is 1. The monoisotopic (exact) mass is 368 g/mol. The molecular weight excluding hydrogens is 340 g/mol. The maximum atomic E-state index is 12.7. The minimum atomic E-state index is -0.169. The first kappa shape index (κ1) is 19.2. The SMILES string of the molecule is COc1ccc(CNC(=O)[C@H](C)N(Cc2ccc(OC)cc2)C2CC2)cc1. The molecule has 0 bridgehead atoms. The van der Waals surface area contributed by atoms with Crippen molar-refractivity contribution in [1.29, 1.82) is 0 Å². The average Bonchev–Trinajstić information content (AvgIpc) is 3.55. The number of ether oxygens (including phenoxy) is 2. The van der Waals surface area contributed by atoms with Gasteiger partial charge in [-0.15, -0.1) is 0 Å². The van der Waals surface area contributed by atoms with Crippen LogP contribution in [0.5, 0.6) is 11.5 Å². The largest absolute Gasteiger partial charge is 0.497 e. The van der Waals surface area contributed by atoms with E-state index in [1.54, 1.807) is 14.2 Å². The summed E-state index contributed by atoms with van der Waals surface area (Å²) >= 11 is 0. The van der Waals surface area contributed by atoms with Gasteiger partial charge in [0.05, 0.1) is 20.3 Å². The summed E-state index contributed by atoms with van der Waals surface area (Å²) in [5.41, 5.74) is 2.25. The Bertz CT molecular complexity index is 739. The predicted octanol–water partition coefficient (Wildman–Crippen LogP) is 3.37. The Hall–Kier alpha value is -2.53. The van der Waals surface area contributed by atoms with Crippen molar-refractivity contribution in [1.82, 2.24) is 10.2 Å². The molecule has 0 aromatic heterocycles. The van der Waals surface area contributed by atoms with Gasteiger partial charge < -0.3 is 14.8 Å². The van der Waals surface area contributed by atoms with Gasteiger partial charge in [0.25, 0.3) is 0 Å². The molecule has 2 aromatic carbocycles. The molecule has 144 valence electrons. The van der Waals surface area contributed by atoms with Crippen molar-refractivity contribution in [3.8, 4) is 11.5 Å². The molecule has 0 unspecified atom stereocenters. The summed E-state index contributed by atoms with van der Waals surface area (Å²) in [5.74, 6) is 1.73. The minimum absolute atomic E-state index is 0.0613. The number of rotatable bonds is 9. The van der Waals surface area contributed by atoms with E-state index < -0.39 is 0 Å². The third-order valence-corrected chi connectivity index (χ3v) is 5.04. The molecule has 0 saturated heterocycles. The van der Waals surface area contributed by atoms with Crippen molar-refractivity contribution in [2.45, 2.75) is 44.9 Å². The van der Waals surface area contributed by atoms with E-state index in [4.69, 9.17) is 9.47 Å². The van der Waals surface area contributed by atoms with Crippen LogP contribution in [0.4, 0.5) is 0 Å². The summed E-state index contributed by atoms with van der Waals surface area (Å²) in [6.07, 6.45) is 2.32. The second-order valence-electron chi connectivity index (χ2n) is 6.99. The van der Waals surface area contributed by atoms with Crippen molar-refractivity contribution in [2.75, 3.05) is 14.2 Å². The highest BCUT2D eigenvalue weighted by Crippen LogP contribution is 2.30. The highest BCUT2D eigenvalue weighted by Gasteiger charge is 2.34. The first-order valence-electron chi connectivity index (χ1n) is 9.40. The molecule has 2 aromatic rings. The summed E-state index contributed by atoms with van der Waals surface area (Å²) in [7, 11) is 3.31. The molecule has 1 amide bonds. The van der Waals surface area contributed by atoms with Gasteiger partial charge >= 0.3 is 0 Å². The van der Waals surface area contributed by atoms with E-state index in [9.17, 15) is 4.79 Å². The van der Waals surface area contributed by atoms with Crippen molar-refractivity contribution in [3.63, 3.8) is 0 Å². The Morgan fingerprint density at radius 3 is 2.00 bits per heavy atom. The van der Waals surface area contributed by atoms with Crippen LogP contribution in [0, 0.1) is 0 Å². The summed E-state index contributed by atoms with van der Waals surface area (Å²) in [6, 6.07) is 16.2. The molecule has 1 fully saturated rings. The molecule has 0 radical (unpaired) electrons. The number of methoxy groups -OCH3 is 2. The van der Waals surface area contributed by atoms with E-state index in [0.717, 1.165) is 36.4 Å². The molecule has 1 aliphatic rings. The van der Waals surface area contributed by atoms with Crippen LogP contribution in [0.3, 0.4) is 0 Å². The third-order valence-electron chi connectivity index (χ3n) is 5.04. The molecule has 5 nitrogen and oxygen atoms in total. The molecule has 1 aliphatic carbocycles. The normalized spacial score (nSPS) is 14.7. The van der Waals surface area contributed by atoms with E-state index in [2.05, 4.69) is 22.3 Å². The lowest BCUT2D eigenvalue weighted by atomic mass is 10.1. The van der Waals surface area contributed by atoms with Crippen molar-refractivity contribution in [3.05, 3.63) is 59.7 Å². The van der Waals surface area contributed by atoms with Gasteiger partial charge in [-0.2, -0.15) is 0 Å². The zero-order chi connectivity index (χ0) is 19.2. The highest BCUT2D eigenvalue weighted by molar-refractivity contribution is 5.81. The van der Waals surface area contributed by atoms with E-state index in [-0.39, 0.29) is 11.9 Å². The number of hydrogen-bond acceptors (Lipinski definition) is 4. The fraction of sp³-hybridized carbons (Fsp3) is 0.409. The molecule has 0 heterocycles. The molecule has 0 spiro atoms. The molecule has 0 aliphatic heterocycles. The van der Waals surface area contributed by atoms with Gasteiger partial charge in [-0.05, 0) is 55.2 Å². The molecule has 27 heavy (non-hydrogen) atoms. The minimum Gasteiger partial charge on any atom is -0.497 e. The van der Waals surface area contributed by atoms with Gasteiger partial charge in [-0.1, -0.05) is 24.3 Å². The summed E-state index contributed by atoms with van der Waals surface area (Å²) in [6.45, 7) is 3.28. The lowest BCUT2D eigenvalue weighted by Crippen LogP contribution is -2.45. The van der Waals surface area contributed by atoms with Crippen LogP contribution in [-0.2, 0) is 17.9 Å². The Balaban J connectivity index is 1.58. The lowest BCUT2D eigenvalue weighted by molar-refractivity contribution is -0.126. The lowest BCUT2D eigenvalue weighted by Gasteiger charge is -2.28. The zero-order valence-corrected chi connectivity index (χ0v) is 16.3. The molecule has 1 saturated carbocycles. The topological polar surface area (TPSA) is 50.8 Å². The van der Waals surface area contributed by atoms with Gasteiger partial charge in [0.15, 0.2) is 0 Å². The van der Waals surface area contributed by atoms with Crippen molar-refractivity contribution < 1.29 is 14.3 Å². The summed E-state index contributed by atoms with van der Waals surface area (Å²) in [4.78, 5) is 15.0. The first-order chi connectivity index (χ1) is 13.1. The van der Waals surface area contributed by atoms with Crippen LogP contribution < -0.4 is 14.8 Å². The summed E-state index contributed by atoms with van der Waals surface area (Å²) < 4.78 is 10.4.